The van der Waals surface area contributed by atoms with Gasteiger partial charge in [0.2, 0.25) is 0 Å². The lowest BCUT2D eigenvalue weighted by Gasteiger charge is -1.96. The molecule has 0 fully saturated rings. The summed E-state index contributed by atoms with van der Waals surface area (Å²) in [5, 5.41) is 0.296. The van der Waals surface area contributed by atoms with E-state index >= 15 is 0 Å². The third-order valence-corrected chi connectivity index (χ3v) is 0.647. The fourth-order valence-electron chi connectivity index (χ4n) is 0.208. The summed E-state index contributed by atoms with van der Waals surface area (Å²) in [6, 6.07) is 0. The summed E-state index contributed by atoms with van der Waals surface area (Å²) < 4.78 is 4.46. The first-order valence-electron chi connectivity index (χ1n) is 2.29. The first kappa shape index (κ1) is 8.24. The predicted octanol–water partition coefficient (Wildman–Crippen LogP) is 1.47. The molecule has 0 aromatic heterocycles. The highest BCUT2D eigenvalue weighted by Gasteiger charge is 1.93. The van der Waals surface area contributed by atoms with Gasteiger partial charge in [-0.3, -0.25) is 0 Å². The number of ether oxygens (including phenoxy) is 1. The molecule has 2 nitrogen and oxygen atoms in total. The monoisotopic (exact) mass is 146 g/mol. The summed E-state index contributed by atoms with van der Waals surface area (Å²) in [5.74, 6) is -0.489. The van der Waals surface area contributed by atoms with Gasteiger partial charge in [-0.15, -0.1) is 0 Å². The van der Waals surface area contributed by atoms with Gasteiger partial charge in [-0.2, -0.15) is 0 Å². The van der Waals surface area contributed by atoms with Gasteiger partial charge in [-0.25, -0.2) is 4.79 Å². The van der Waals surface area contributed by atoms with Crippen LogP contribution in [0.15, 0.2) is 24.3 Å². The quantitative estimate of drug-likeness (QED) is 0.445. The Bertz CT molecular complexity index is 140. The van der Waals surface area contributed by atoms with Crippen LogP contribution in [0.4, 0.5) is 0 Å². The molecule has 0 amide bonds. The van der Waals surface area contributed by atoms with Crippen molar-refractivity contribution in [3.05, 3.63) is 24.3 Å². The van der Waals surface area contributed by atoms with E-state index in [2.05, 4.69) is 17.9 Å². The molecule has 3 heteroatoms. The van der Waals surface area contributed by atoms with Crippen LogP contribution in [-0.4, -0.2) is 12.6 Å². The van der Waals surface area contributed by atoms with E-state index in [1.807, 2.05) is 0 Å². The highest BCUT2D eigenvalue weighted by atomic mass is 35.5. The standard InChI is InChI=1S/C6H7ClO2/c1-3-6(8)9-4-5(2)7/h3H,1-2,4H2. The first-order chi connectivity index (χ1) is 4.16. The minimum Gasteiger partial charge on any atom is -0.457 e. The maximum Gasteiger partial charge on any atom is 0.330 e. The van der Waals surface area contributed by atoms with Crippen molar-refractivity contribution in [1.29, 1.82) is 0 Å². The van der Waals surface area contributed by atoms with Gasteiger partial charge in [0.15, 0.2) is 0 Å². The number of carbonyl (C=O) groups is 1. The van der Waals surface area contributed by atoms with Crippen molar-refractivity contribution in [2.24, 2.45) is 0 Å². The topological polar surface area (TPSA) is 26.3 Å². The summed E-state index contributed by atoms with van der Waals surface area (Å²) in [5.41, 5.74) is 0. The Hall–Kier alpha value is -0.760. The van der Waals surface area contributed by atoms with Crippen LogP contribution < -0.4 is 0 Å². The van der Waals surface area contributed by atoms with Crippen LogP contribution in [0.25, 0.3) is 0 Å². The van der Waals surface area contributed by atoms with Gasteiger partial charge in [0, 0.05) is 11.1 Å². The number of halogens is 1. The highest BCUT2D eigenvalue weighted by molar-refractivity contribution is 6.29. The van der Waals surface area contributed by atoms with Crippen LogP contribution in [0.1, 0.15) is 0 Å². The van der Waals surface area contributed by atoms with Gasteiger partial charge in [0.1, 0.15) is 6.61 Å². The van der Waals surface area contributed by atoms with E-state index in [-0.39, 0.29) is 6.61 Å². The molecule has 0 saturated heterocycles. The fraction of sp³-hybridized carbons (Fsp3) is 0.167. The maximum absolute atomic E-state index is 10.3. The van der Waals surface area contributed by atoms with E-state index in [1.165, 1.54) is 0 Å². The van der Waals surface area contributed by atoms with Gasteiger partial charge < -0.3 is 4.74 Å². The van der Waals surface area contributed by atoms with E-state index in [0.717, 1.165) is 6.08 Å². The van der Waals surface area contributed by atoms with E-state index in [9.17, 15) is 4.79 Å². The van der Waals surface area contributed by atoms with Gasteiger partial charge in [0.25, 0.3) is 0 Å². The van der Waals surface area contributed by atoms with Crippen molar-refractivity contribution in [1.82, 2.24) is 0 Å². The Morgan fingerprint density at radius 2 is 2.33 bits per heavy atom. The molecule has 0 bridgehead atoms. The average Bonchev–Trinajstić information content (AvgIpc) is 1.83. The zero-order chi connectivity index (χ0) is 7.28. The van der Waals surface area contributed by atoms with Gasteiger partial charge in [0.05, 0.1) is 0 Å². The number of hydrogen-bond acceptors (Lipinski definition) is 2. The number of hydrogen-bond donors (Lipinski definition) is 0. The normalized spacial score (nSPS) is 8.11. The maximum atomic E-state index is 10.3. The van der Waals surface area contributed by atoms with Crippen LogP contribution in [0.3, 0.4) is 0 Å². The Morgan fingerprint density at radius 3 is 2.67 bits per heavy atom. The molecule has 0 aromatic rings. The Kier molecular flexibility index (Phi) is 3.80. The lowest BCUT2D eigenvalue weighted by Crippen LogP contribution is -2.00. The second kappa shape index (κ2) is 4.15. The van der Waals surface area contributed by atoms with Gasteiger partial charge in [-0.05, 0) is 0 Å². The van der Waals surface area contributed by atoms with Gasteiger partial charge >= 0.3 is 5.97 Å². The molecule has 0 unspecified atom stereocenters. The minimum atomic E-state index is -0.489. The van der Waals surface area contributed by atoms with E-state index < -0.39 is 5.97 Å². The fourth-order valence-corrected chi connectivity index (χ4v) is 0.263. The summed E-state index contributed by atoms with van der Waals surface area (Å²) >= 11 is 5.27. The van der Waals surface area contributed by atoms with E-state index in [1.54, 1.807) is 0 Å². The SMILES string of the molecule is C=CC(=O)OCC(=C)Cl. The first-order valence-corrected chi connectivity index (χ1v) is 2.67. The highest BCUT2D eigenvalue weighted by Crippen LogP contribution is 1.96. The third-order valence-electron chi connectivity index (χ3n) is 0.538. The van der Waals surface area contributed by atoms with Crippen molar-refractivity contribution >= 4 is 17.6 Å². The van der Waals surface area contributed by atoms with Crippen LogP contribution >= 0.6 is 11.6 Å². The van der Waals surface area contributed by atoms with Gasteiger partial charge in [-0.1, -0.05) is 24.8 Å². The predicted molar refractivity (Wildman–Crippen MR) is 36.1 cm³/mol. The number of carbonyl (C=O) groups excluding carboxylic acids is 1. The molecule has 0 rings (SSSR count). The zero-order valence-corrected chi connectivity index (χ0v) is 5.65. The number of rotatable bonds is 3. The molecule has 0 N–H and O–H groups in total. The van der Waals surface area contributed by atoms with Crippen LogP contribution in [0.5, 0.6) is 0 Å². The second-order valence-corrected chi connectivity index (χ2v) is 1.86. The summed E-state index contributed by atoms with van der Waals surface area (Å²) in [6.45, 7) is 6.55. The summed E-state index contributed by atoms with van der Waals surface area (Å²) in [6.07, 6.45) is 1.07. The van der Waals surface area contributed by atoms with Crippen molar-refractivity contribution < 1.29 is 9.53 Å². The lowest BCUT2D eigenvalue weighted by molar-refractivity contribution is -0.136. The Morgan fingerprint density at radius 1 is 1.78 bits per heavy atom. The zero-order valence-electron chi connectivity index (χ0n) is 4.89. The molecule has 0 saturated carbocycles. The molecule has 0 heterocycles. The Labute approximate surface area is 58.8 Å². The lowest BCUT2D eigenvalue weighted by atomic mass is 10.6. The molecule has 0 aromatic carbocycles. The van der Waals surface area contributed by atoms with Crippen molar-refractivity contribution in [2.45, 2.75) is 0 Å². The summed E-state index contributed by atoms with van der Waals surface area (Å²) in [7, 11) is 0. The Balaban J connectivity index is 3.39. The third kappa shape index (κ3) is 5.11. The molecular formula is C6H7ClO2. The molecular weight excluding hydrogens is 140 g/mol. The van der Waals surface area contributed by atoms with Crippen molar-refractivity contribution in [3.8, 4) is 0 Å². The molecule has 0 aliphatic carbocycles. The molecule has 0 radical (unpaired) electrons. The molecule has 0 spiro atoms. The molecule has 50 valence electrons. The average molecular weight is 147 g/mol. The van der Waals surface area contributed by atoms with Crippen molar-refractivity contribution in [2.75, 3.05) is 6.61 Å². The molecule has 0 atom stereocenters. The molecule has 0 aliphatic rings. The molecule has 9 heavy (non-hydrogen) atoms. The van der Waals surface area contributed by atoms with Crippen LogP contribution in [-0.2, 0) is 9.53 Å². The largest absolute Gasteiger partial charge is 0.457 e. The molecule has 0 aliphatic heterocycles. The number of esters is 1. The van der Waals surface area contributed by atoms with E-state index in [0.29, 0.717) is 5.03 Å². The smallest absolute Gasteiger partial charge is 0.330 e. The van der Waals surface area contributed by atoms with Crippen LogP contribution in [0.2, 0.25) is 0 Å². The minimum absolute atomic E-state index is 0.0480. The van der Waals surface area contributed by atoms with E-state index in [4.69, 9.17) is 11.6 Å². The van der Waals surface area contributed by atoms with Crippen molar-refractivity contribution in [3.63, 3.8) is 0 Å². The summed E-state index contributed by atoms with van der Waals surface area (Å²) in [4.78, 5) is 10.3. The second-order valence-electron chi connectivity index (χ2n) is 1.33. The van der Waals surface area contributed by atoms with Crippen LogP contribution in [0, 0.1) is 0 Å².